The van der Waals surface area contributed by atoms with Crippen LogP contribution >= 0.6 is 23.1 Å². The van der Waals surface area contributed by atoms with Gasteiger partial charge in [0.25, 0.3) is 5.01 Å². The van der Waals surface area contributed by atoms with Crippen molar-refractivity contribution >= 4 is 77.3 Å². The van der Waals surface area contributed by atoms with E-state index in [0.717, 1.165) is 64.7 Å². The molecule has 2 heterocycles. The van der Waals surface area contributed by atoms with Crippen LogP contribution in [0.25, 0.3) is 38.2 Å². The number of aromatic nitrogens is 1. The third kappa shape index (κ3) is 7.44. The number of nitrogens with zero attached hydrogens (tertiary/aromatic N) is 2. The maximum absolute atomic E-state index is 11.5. The molecule has 0 aliphatic carbocycles. The molecule has 1 aliphatic heterocycles. The quantitative estimate of drug-likeness (QED) is 0.0822. The Kier molecular flexibility index (Phi) is 10.0. The van der Waals surface area contributed by atoms with Gasteiger partial charge >= 0.3 is 11.4 Å². The zero-order valence-electron chi connectivity index (χ0n) is 25.0. The first-order valence-electron chi connectivity index (χ1n) is 14.8. The molecule has 0 fully saturated rings. The number of benzene rings is 4. The van der Waals surface area contributed by atoms with E-state index in [2.05, 4.69) is 83.1 Å². The van der Waals surface area contributed by atoms with Crippen molar-refractivity contribution in [3.05, 3.63) is 107 Å². The van der Waals surface area contributed by atoms with Gasteiger partial charge in [-0.15, -0.1) is 0 Å². The number of thioether (sulfide) groups is 1. The summed E-state index contributed by atoms with van der Waals surface area (Å²) in [6.07, 6.45) is 5.20. The van der Waals surface area contributed by atoms with Crippen LogP contribution in [-0.4, -0.2) is 40.6 Å². The molecule has 4 aromatic carbocycles. The second-order valence-electron chi connectivity index (χ2n) is 10.7. The standard InChI is InChI=1S/C34H32N2O6S4/c1-2-24(22-33-36(18-19-42-45(37)38)34-28-12-7-6-11-26(28)13-16-31(34)44-33)21-32-35(17-8-20-46(39,40)41)29-23-27(14-15-30(29)43-32)25-9-4-3-5-10-25/h3-7,9-16,21-23H,2,8,17-20H2,1H3,(H-,37,38,39,40,41). The number of thiazole rings is 1. The van der Waals surface area contributed by atoms with Crippen LogP contribution in [0.15, 0.2) is 107 Å². The third-order valence-electron chi connectivity index (χ3n) is 7.75. The van der Waals surface area contributed by atoms with Crippen LogP contribution in [0.3, 0.4) is 0 Å². The van der Waals surface area contributed by atoms with Crippen molar-refractivity contribution in [3.8, 4) is 11.1 Å². The van der Waals surface area contributed by atoms with Gasteiger partial charge in [0.1, 0.15) is 11.3 Å². The van der Waals surface area contributed by atoms with E-state index in [9.17, 15) is 21.7 Å². The van der Waals surface area contributed by atoms with Crippen molar-refractivity contribution in [2.45, 2.75) is 31.2 Å². The molecule has 238 valence electrons. The first-order chi connectivity index (χ1) is 22.2. The van der Waals surface area contributed by atoms with Gasteiger partial charge < -0.3 is 9.45 Å². The monoisotopic (exact) mass is 692 g/mol. The summed E-state index contributed by atoms with van der Waals surface area (Å²) in [5, 5.41) is 4.12. The second kappa shape index (κ2) is 14.2. The molecule has 0 saturated heterocycles. The van der Waals surface area contributed by atoms with Crippen LogP contribution in [0, 0.1) is 0 Å². The van der Waals surface area contributed by atoms with Gasteiger partial charge in [0.2, 0.25) is 5.52 Å². The highest BCUT2D eigenvalue weighted by atomic mass is 32.2. The summed E-state index contributed by atoms with van der Waals surface area (Å²) in [5.41, 5.74) is 5.21. The number of hydrogen-bond donors (Lipinski definition) is 1. The van der Waals surface area contributed by atoms with E-state index in [1.807, 2.05) is 30.3 Å². The van der Waals surface area contributed by atoms with Gasteiger partial charge in [0, 0.05) is 23.3 Å². The lowest BCUT2D eigenvalue weighted by Gasteiger charge is -2.22. The Morgan fingerprint density at radius 1 is 1.04 bits per heavy atom. The lowest BCUT2D eigenvalue weighted by Crippen LogP contribution is -2.37. The molecule has 0 spiro atoms. The lowest BCUT2D eigenvalue weighted by molar-refractivity contribution is -0.668. The van der Waals surface area contributed by atoms with Gasteiger partial charge in [-0.05, 0) is 65.3 Å². The summed E-state index contributed by atoms with van der Waals surface area (Å²) >= 11 is 0.910. The molecule has 46 heavy (non-hydrogen) atoms. The zero-order valence-corrected chi connectivity index (χ0v) is 28.3. The molecule has 1 unspecified atom stereocenters. The van der Waals surface area contributed by atoms with Crippen molar-refractivity contribution < 1.29 is 30.5 Å². The summed E-state index contributed by atoms with van der Waals surface area (Å²) in [6.45, 7) is 2.92. The Balaban J connectivity index is 1.41. The first kappa shape index (κ1) is 32.6. The lowest BCUT2D eigenvalue weighted by atomic mass is 10.0. The third-order valence-corrected chi connectivity index (χ3v) is 11.1. The average Bonchev–Trinajstić information content (AvgIpc) is 3.57. The van der Waals surface area contributed by atoms with Crippen LogP contribution in [0.4, 0.5) is 5.69 Å². The fourth-order valence-corrected chi connectivity index (χ4v) is 8.64. The molecule has 0 bridgehead atoms. The molecule has 0 saturated carbocycles. The molecule has 0 radical (unpaired) electrons. The average molecular weight is 693 g/mol. The fraction of sp³-hybridized carbons (Fsp3) is 0.206. The van der Waals surface area contributed by atoms with E-state index in [4.69, 9.17) is 4.18 Å². The van der Waals surface area contributed by atoms with Crippen LogP contribution in [0.5, 0.6) is 0 Å². The highest BCUT2D eigenvalue weighted by Gasteiger charge is 2.27. The summed E-state index contributed by atoms with van der Waals surface area (Å²) in [4.78, 5) is 3.17. The minimum Gasteiger partial charge on any atom is -0.748 e. The second-order valence-corrected chi connectivity index (χ2v) is 15.1. The fourth-order valence-electron chi connectivity index (χ4n) is 5.61. The van der Waals surface area contributed by atoms with Gasteiger partial charge in [0.15, 0.2) is 6.54 Å². The molecule has 5 aromatic rings. The molecular formula is C34H32N2O6S4. The Hall–Kier alpha value is -3.36. The Labute approximate surface area is 279 Å². The molecule has 1 atom stereocenters. The highest BCUT2D eigenvalue weighted by Crippen LogP contribution is 2.48. The van der Waals surface area contributed by atoms with Crippen LogP contribution in [0.1, 0.15) is 24.8 Å². The van der Waals surface area contributed by atoms with Gasteiger partial charge in [-0.25, -0.2) is 8.42 Å². The van der Waals surface area contributed by atoms with Crippen molar-refractivity contribution in [3.63, 3.8) is 0 Å². The Morgan fingerprint density at radius 3 is 2.59 bits per heavy atom. The zero-order chi connectivity index (χ0) is 32.3. The van der Waals surface area contributed by atoms with Gasteiger partial charge in [-0.1, -0.05) is 90.7 Å². The van der Waals surface area contributed by atoms with E-state index < -0.39 is 27.2 Å². The minimum atomic E-state index is -4.34. The topological polar surface area (TPSA) is 111 Å². The largest absolute Gasteiger partial charge is 0.748 e. The SMILES string of the molecule is CCC(=Cc1sc2ccc3ccccc3c2[n+]1CCOS(=O)O)C=C1Sc2ccc(-c3ccccc3)cc2N1CCCS(=O)(=O)[O-]. The first-order valence-corrected chi connectivity index (χ1v) is 19.0. The van der Waals surface area contributed by atoms with Crippen molar-refractivity contribution in [1.82, 2.24) is 0 Å². The van der Waals surface area contributed by atoms with Crippen LogP contribution in [-0.2, 0) is 32.2 Å². The summed E-state index contributed by atoms with van der Waals surface area (Å²) < 4.78 is 63.1. The Bertz CT molecular complexity index is 2090. The Morgan fingerprint density at radius 2 is 1.83 bits per heavy atom. The van der Waals surface area contributed by atoms with Crippen molar-refractivity contribution in [2.24, 2.45) is 0 Å². The summed E-state index contributed by atoms with van der Waals surface area (Å²) in [5.74, 6) is -0.429. The number of fused-ring (bicyclic) bond motifs is 4. The molecule has 1 aromatic heterocycles. The summed E-state index contributed by atoms with van der Waals surface area (Å²) in [7, 11) is -4.34. The number of hydrogen-bond acceptors (Lipinski definition) is 8. The van der Waals surface area contributed by atoms with Gasteiger partial charge in [-0.2, -0.15) is 8.78 Å². The summed E-state index contributed by atoms with van der Waals surface area (Å²) in [6, 6.07) is 28.7. The maximum Gasteiger partial charge on any atom is 0.302 e. The van der Waals surface area contributed by atoms with E-state index in [1.54, 1.807) is 23.1 Å². The molecule has 6 rings (SSSR count). The van der Waals surface area contributed by atoms with Gasteiger partial charge in [0.05, 0.1) is 26.2 Å². The number of allylic oxidation sites excluding steroid dienone is 2. The van der Waals surface area contributed by atoms with E-state index in [-0.39, 0.29) is 13.0 Å². The molecular weight excluding hydrogens is 661 g/mol. The minimum absolute atomic E-state index is 0.0670. The maximum atomic E-state index is 11.5. The highest BCUT2D eigenvalue weighted by molar-refractivity contribution is 8.03. The normalized spacial score (nSPS) is 15.2. The molecule has 12 heteroatoms. The predicted octanol–water partition coefficient (Wildman–Crippen LogP) is 7.34. The van der Waals surface area contributed by atoms with Crippen molar-refractivity contribution in [1.29, 1.82) is 0 Å². The predicted molar refractivity (Wildman–Crippen MR) is 187 cm³/mol. The van der Waals surface area contributed by atoms with Gasteiger partial charge in [-0.3, -0.25) is 8.74 Å². The van der Waals surface area contributed by atoms with Crippen molar-refractivity contribution in [2.75, 3.05) is 23.8 Å². The molecule has 8 nitrogen and oxygen atoms in total. The van der Waals surface area contributed by atoms with Crippen LogP contribution < -0.4 is 9.47 Å². The van der Waals surface area contributed by atoms with Crippen LogP contribution in [0.2, 0.25) is 0 Å². The molecule has 0 amide bonds. The smallest absolute Gasteiger partial charge is 0.302 e. The van der Waals surface area contributed by atoms with E-state index >= 15 is 0 Å². The van der Waals surface area contributed by atoms with E-state index in [0.29, 0.717) is 13.1 Å². The molecule has 1 aliphatic rings. The number of rotatable bonds is 12. The number of anilines is 1. The van der Waals surface area contributed by atoms with E-state index in [1.165, 1.54) is 0 Å². The molecule has 1 N–H and O–H groups in total.